The molecule has 0 saturated carbocycles. The molecule has 0 bridgehead atoms. The molecule has 2 nitrogen and oxygen atoms in total. The lowest BCUT2D eigenvalue weighted by atomic mass is 10.0. The van der Waals surface area contributed by atoms with Gasteiger partial charge in [-0.1, -0.05) is 25.3 Å². The van der Waals surface area contributed by atoms with Gasteiger partial charge in [-0.2, -0.15) is 0 Å². The summed E-state index contributed by atoms with van der Waals surface area (Å²) in [4.78, 5) is 9.35. The lowest BCUT2D eigenvalue weighted by molar-refractivity contribution is 0.0308. The fraction of sp³-hybridized carbons (Fsp3) is 0.217. The molecule has 0 amide bonds. The Hall–Kier alpha value is -2.95. The molecule has 0 fully saturated rings. The highest BCUT2D eigenvalue weighted by Gasteiger charge is 2.29. The van der Waals surface area contributed by atoms with Gasteiger partial charge in [0.25, 0.3) is 5.92 Å². The minimum absolute atomic E-state index is 0.147. The summed E-state index contributed by atoms with van der Waals surface area (Å²) >= 11 is 0. The van der Waals surface area contributed by atoms with Gasteiger partial charge in [0, 0.05) is 12.0 Å². The summed E-state index contributed by atoms with van der Waals surface area (Å²) in [5, 5.41) is 0. The Morgan fingerprint density at radius 3 is 2.43 bits per heavy atom. The van der Waals surface area contributed by atoms with Gasteiger partial charge in [0.1, 0.15) is 5.82 Å². The molecule has 0 atom stereocenters. The average molecular weight is 382 g/mol. The summed E-state index contributed by atoms with van der Waals surface area (Å²) in [7, 11) is 0. The normalized spacial score (nSPS) is 11.6. The van der Waals surface area contributed by atoms with Crippen molar-refractivity contribution in [1.29, 1.82) is 0 Å². The van der Waals surface area contributed by atoms with Crippen LogP contribution in [-0.2, 0) is 6.42 Å². The molecule has 5 heteroatoms. The highest BCUT2D eigenvalue weighted by atomic mass is 19.3. The first-order valence-electron chi connectivity index (χ1n) is 9.03. The number of hydrogen-bond acceptors (Lipinski definition) is 2. The molecule has 2 aromatic carbocycles. The van der Waals surface area contributed by atoms with Crippen molar-refractivity contribution in [2.75, 3.05) is 0 Å². The topological polar surface area (TPSA) is 25.8 Å². The first-order valence-corrected chi connectivity index (χ1v) is 9.03. The van der Waals surface area contributed by atoms with Crippen molar-refractivity contribution in [3.05, 3.63) is 78.3 Å². The number of aromatic nitrogens is 2. The van der Waals surface area contributed by atoms with Crippen molar-refractivity contribution in [2.24, 2.45) is 0 Å². The maximum atomic E-state index is 13.9. The van der Waals surface area contributed by atoms with Crippen molar-refractivity contribution in [3.8, 4) is 11.3 Å². The zero-order chi connectivity index (χ0) is 20.3. The minimum Gasteiger partial charge on any atom is -0.249 e. The highest BCUT2D eigenvalue weighted by molar-refractivity contribution is 5.80. The van der Waals surface area contributed by atoms with E-state index in [9.17, 15) is 13.2 Å². The average Bonchev–Trinajstić information content (AvgIpc) is 2.67. The molecule has 28 heavy (non-hydrogen) atoms. The molecule has 0 spiro atoms. The number of nitrogens with zero attached hydrogens (tertiary/aromatic N) is 2. The Kier molecular flexibility index (Phi) is 5.63. The van der Waals surface area contributed by atoms with Crippen LogP contribution < -0.4 is 0 Å². The minimum atomic E-state index is -2.91. The van der Waals surface area contributed by atoms with Crippen LogP contribution in [0.15, 0.2) is 61.2 Å². The van der Waals surface area contributed by atoms with Gasteiger partial charge in [-0.15, -0.1) is 0 Å². The third-order valence-corrected chi connectivity index (χ3v) is 4.64. The van der Waals surface area contributed by atoms with Crippen LogP contribution in [0.25, 0.3) is 28.4 Å². The number of rotatable bonds is 7. The van der Waals surface area contributed by atoms with Gasteiger partial charge in [-0.05, 0) is 67.3 Å². The van der Waals surface area contributed by atoms with E-state index in [4.69, 9.17) is 0 Å². The van der Waals surface area contributed by atoms with Gasteiger partial charge in [0.2, 0.25) is 0 Å². The lowest BCUT2D eigenvalue weighted by Crippen LogP contribution is -2.17. The molecule has 0 aliphatic heterocycles. The Bertz CT molecular complexity index is 1020. The molecule has 0 aliphatic carbocycles. The van der Waals surface area contributed by atoms with Gasteiger partial charge < -0.3 is 0 Å². The molecule has 3 aromatic rings. The van der Waals surface area contributed by atoms with Crippen molar-refractivity contribution in [1.82, 2.24) is 9.97 Å². The molecule has 0 saturated heterocycles. The van der Waals surface area contributed by atoms with Gasteiger partial charge >= 0.3 is 0 Å². The molecule has 0 N–H and O–H groups in total. The van der Waals surface area contributed by atoms with E-state index in [2.05, 4.69) is 23.1 Å². The second-order valence-corrected chi connectivity index (χ2v) is 6.82. The maximum Gasteiger partial charge on any atom is 0.268 e. The van der Waals surface area contributed by atoms with E-state index < -0.39 is 5.92 Å². The highest BCUT2D eigenvalue weighted by Crippen LogP contribution is 2.30. The van der Waals surface area contributed by atoms with E-state index in [1.165, 1.54) is 19.1 Å². The predicted octanol–water partition coefficient (Wildman–Crippen LogP) is 6.61. The van der Waals surface area contributed by atoms with Crippen LogP contribution in [0.5, 0.6) is 0 Å². The summed E-state index contributed by atoms with van der Waals surface area (Å²) < 4.78 is 41.1. The second-order valence-electron chi connectivity index (χ2n) is 6.82. The fourth-order valence-electron chi connectivity index (χ4n) is 2.94. The van der Waals surface area contributed by atoms with E-state index in [1.807, 2.05) is 18.2 Å². The molecule has 0 radical (unpaired) electrons. The summed E-state index contributed by atoms with van der Waals surface area (Å²) in [5.41, 5.74) is 3.99. The number of aryl methyl sites for hydroxylation is 1. The van der Waals surface area contributed by atoms with Crippen LogP contribution >= 0.6 is 0 Å². The predicted molar refractivity (Wildman–Crippen MR) is 108 cm³/mol. The monoisotopic (exact) mass is 382 g/mol. The van der Waals surface area contributed by atoms with Gasteiger partial charge in [-0.25, -0.2) is 23.1 Å². The van der Waals surface area contributed by atoms with Crippen LogP contribution in [-0.4, -0.2) is 15.9 Å². The second kappa shape index (κ2) is 7.97. The van der Waals surface area contributed by atoms with Crippen molar-refractivity contribution < 1.29 is 13.2 Å². The van der Waals surface area contributed by atoms with Gasteiger partial charge in [0.15, 0.2) is 0 Å². The SMILES string of the molecule is C=Cc1ccc2nc(-c3ccc(F)cc3)c(CCCC(F)(F)C(=C)C)nc2c1. The number of halogens is 3. The molecule has 3 rings (SSSR count). The van der Waals surface area contributed by atoms with Crippen molar-refractivity contribution in [2.45, 2.75) is 32.1 Å². The molecule has 0 unspecified atom stereocenters. The molecular weight excluding hydrogens is 361 g/mol. The Balaban J connectivity index is 2.01. The number of alkyl halides is 2. The quantitative estimate of drug-likeness (QED) is 0.430. The van der Waals surface area contributed by atoms with Gasteiger partial charge in [-0.3, -0.25) is 0 Å². The molecular formula is C23H21F3N2. The maximum absolute atomic E-state index is 13.9. The molecule has 144 valence electrons. The largest absolute Gasteiger partial charge is 0.268 e. The van der Waals surface area contributed by atoms with Gasteiger partial charge in [0.05, 0.1) is 22.4 Å². The van der Waals surface area contributed by atoms with Crippen LogP contribution in [0, 0.1) is 5.82 Å². The van der Waals surface area contributed by atoms with Crippen LogP contribution in [0.1, 0.15) is 31.0 Å². The number of hydrogen-bond donors (Lipinski definition) is 0. The smallest absolute Gasteiger partial charge is 0.249 e. The Morgan fingerprint density at radius 1 is 1.07 bits per heavy atom. The first kappa shape index (κ1) is 19.8. The molecule has 1 heterocycles. The third-order valence-electron chi connectivity index (χ3n) is 4.64. The summed E-state index contributed by atoms with van der Waals surface area (Å²) in [5.74, 6) is -3.26. The molecule has 1 aromatic heterocycles. The third kappa shape index (κ3) is 4.30. The molecule has 0 aliphatic rings. The van der Waals surface area contributed by atoms with E-state index in [0.29, 0.717) is 34.4 Å². The summed E-state index contributed by atoms with van der Waals surface area (Å²) in [6.45, 7) is 8.44. The number of fused-ring (bicyclic) bond motifs is 1. The summed E-state index contributed by atoms with van der Waals surface area (Å²) in [6.07, 6.45) is 1.96. The lowest BCUT2D eigenvalue weighted by Gasteiger charge is -2.16. The van der Waals surface area contributed by atoms with E-state index >= 15 is 0 Å². The van der Waals surface area contributed by atoms with Crippen LogP contribution in [0.4, 0.5) is 13.2 Å². The van der Waals surface area contributed by atoms with Crippen LogP contribution in [0.2, 0.25) is 0 Å². The first-order chi connectivity index (χ1) is 13.3. The zero-order valence-electron chi connectivity index (χ0n) is 15.7. The standard InChI is InChI=1S/C23H21F3N2/c1-4-16-7-12-19-21(14-16)27-20(6-5-13-23(25,26)15(2)3)22(28-19)17-8-10-18(24)11-9-17/h4,7-12,14H,1-2,5-6,13H2,3H3. The Labute approximate surface area is 162 Å². The zero-order valence-corrected chi connectivity index (χ0v) is 15.7. The van der Waals surface area contributed by atoms with E-state index in [1.54, 1.807) is 18.2 Å². The van der Waals surface area contributed by atoms with E-state index in [0.717, 1.165) is 5.56 Å². The van der Waals surface area contributed by atoms with Crippen molar-refractivity contribution in [3.63, 3.8) is 0 Å². The van der Waals surface area contributed by atoms with Crippen LogP contribution in [0.3, 0.4) is 0 Å². The fourth-order valence-corrected chi connectivity index (χ4v) is 2.94. The van der Waals surface area contributed by atoms with Crippen molar-refractivity contribution >= 4 is 17.1 Å². The number of benzene rings is 2. The Morgan fingerprint density at radius 2 is 1.79 bits per heavy atom. The number of allylic oxidation sites excluding steroid dienone is 1. The van der Waals surface area contributed by atoms with E-state index in [-0.39, 0.29) is 24.2 Å². The summed E-state index contributed by atoms with van der Waals surface area (Å²) in [6, 6.07) is 11.5.